The zero-order valence-electron chi connectivity index (χ0n) is 16.4. The first-order valence-corrected chi connectivity index (χ1v) is 12.4. The quantitative estimate of drug-likeness (QED) is 0.588. The van der Waals surface area contributed by atoms with Crippen LogP contribution in [0.25, 0.3) is 0 Å². The lowest BCUT2D eigenvalue weighted by molar-refractivity contribution is -0.137. The fourth-order valence-electron chi connectivity index (χ4n) is 3.29. The molecule has 0 saturated carbocycles. The maximum atomic E-state index is 12.9. The molecule has 168 valence electrons. The Kier molecular flexibility index (Phi) is 7.25. The predicted octanol–water partition coefficient (Wildman–Crippen LogP) is 5.12. The van der Waals surface area contributed by atoms with E-state index in [9.17, 15) is 26.4 Å². The van der Waals surface area contributed by atoms with E-state index in [1.807, 2.05) is 6.26 Å². The first-order valence-electron chi connectivity index (χ1n) is 9.34. The molecule has 0 radical (unpaired) electrons. The first kappa shape index (κ1) is 23.9. The Labute approximate surface area is 188 Å². The molecular formula is C20H20ClF3N2O3S2. The summed E-state index contributed by atoms with van der Waals surface area (Å²) in [6.07, 6.45) is -2.15. The SMILES string of the molecule is CSc1ccc(S(=O)(=O)N2CCC(C(=O)Nc3cc(C(F)(F)F)ccc3Cl)CC2)cc1. The predicted molar refractivity (Wildman–Crippen MR) is 115 cm³/mol. The number of benzene rings is 2. The van der Waals surface area contributed by atoms with Gasteiger partial charge in [-0.05, 0) is 61.6 Å². The van der Waals surface area contributed by atoms with Crippen LogP contribution < -0.4 is 5.32 Å². The van der Waals surface area contributed by atoms with E-state index in [0.29, 0.717) is 0 Å². The average molecular weight is 493 g/mol. The molecular weight excluding hydrogens is 473 g/mol. The number of carbonyl (C=O) groups excluding carboxylic acids is 1. The maximum absolute atomic E-state index is 12.9. The molecule has 2 aromatic carbocycles. The van der Waals surface area contributed by atoms with Gasteiger partial charge in [-0.3, -0.25) is 4.79 Å². The van der Waals surface area contributed by atoms with Crippen LogP contribution in [0.5, 0.6) is 0 Å². The van der Waals surface area contributed by atoms with Gasteiger partial charge in [0.05, 0.1) is 21.2 Å². The van der Waals surface area contributed by atoms with E-state index >= 15 is 0 Å². The highest BCUT2D eigenvalue weighted by molar-refractivity contribution is 7.98. The molecule has 1 aliphatic rings. The van der Waals surface area contributed by atoms with Crippen molar-refractivity contribution >= 4 is 45.0 Å². The van der Waals surface area contributed by atoms with Crippen LogP contribution >= 0.6 is 23.4 Å². The smallest absolute Gasteiger partial charge is 0.325 e. The molecule has 1 saturated heterocycles. The van der Waals surface area contributed by atoms with Gasteiger partial charge in [0.25, 0.3) is 0 Å². The minimum Gasteiger partial charge on any atom is -0.325 e. The lowest BCUT2D eigenvalue weighted by Gasteiger charge is -2.30. The van der Waals surface area contributed by atoms with Gasteiger partial charge in [-0.25, -0.2) is 8.42 Å². The molecule has 11 heteroatoms. The summed E-state index contributed by atoms with van der Waals surface area (Å²) in [7, 11) is -3.68. The summed E-state index contributed by atoms with van der Waals surface area (Å²) in [5.74, 6) is -1.02. The van der Waals surface area contributed by atoms with E-state index in [0.717, 1.165) is 23.1 Å². The van der Waals surface area contributed by atoms with E-state index in [-0.39, 0.29) is 41.5 Å². The van der Waals surface area contributed by atoms with E-state index < -0.39 is 33.6 Å². The van der Waals surface area contributed by atoms with Crippen molar-refractivity contribution in [1.82, 2.24) is 4.31 Å². The molecule has 31 heavy (non-hydrogen) atoms. The van der Waals surface area contributed by atoms with Crippen molar-refractivity contribution in [3.8, 4) is 0 Å². The van der Waals surface area contributed by atoms with Crippen molar-refractivity contribution in [2.45, 2.75) is 28.8 Å². The van der Waals surface area contributed by atoms with Crippen molar-refractivity contribution in [3.63, 3.8) is 0 Å². The number of rotatable bonds is 5. The van der Waals surface area contributed by atoms with Crippen LogP contribution in [-0.4, -0.2) is 38.0 Å². The van der Waals surface area contributed by atoms with Crippen LogP contribution in [0.2, 0.25) is 5.02 Å². The Morgan fingerprint density at radius 3 is 2.29 bits per heavy atom. The third-order valence-corrected chi connectivity index (χ3v) is 8.06. The van der Waals surface area contributed by atoms with Crippen molar-refractivity contribution in [2.24, 2.45) is 5.92 Å². The van der Waals surface area contributed by atoms with Crippen LogP contribution in [0.1, 0.15) is 18.4 Å². The molecule has 1 N–H and O–H groups in total. The van der Waals surface area contributed by atoms with Crippen LogP contribution in [0, 0.1) is 5.92 Å². The van der Waals surface area contributed by atoms with E-state index in [1.165, 1.54) is 16.1 Å². The molecule has 0 atom stereocenters. The molecule has 0 spiro atoms. The number of nitrogens with zero attached hydrogens (tertiary/aromatic N) is 1. The summed E-state index contributed by atoms with van der Waals surface area (Å²) in [6.45, 7) is 0.280. The van der Waals surface area contributed by atoms with Gasteiger partial charge in [0.15, 0.2) is 0 Å². The topological polar surface area (TPSA) is 66.5 Å². The van der Waals surface area contributed by atoms with E-state index in [1.54, 1.807) is 24.3 Å². The number of hydrogen-bond donors (Lipinski definition) is 1. The Morgan fingerprint density at radius 2 is 1.74 bits per heavy atom. The number of carbonyl (C=O) groups is 1. The van der Waals surface area contributed by atoms with Crippen LogP contribution in [0.15, 0.2) is 52.3 Å². The van der Waals surface area contributed by atoms with Gasteiger partial charge < -0.3 is 5.32 Å². The van der Waals surface area contributed by atoms with Crippen LogP contribution in [-0.2, 0) is 21.0 Å². The fraction of sp³-hybridized carbons (Fsp3) is 0.350. The van der Waals surface area contributed by atoms with Gasteiger partial charge in [-0.15, -0.1) is 11.8 Å². The second kappa shape index (κ2) is 9.40. The zero-order chi connectivity index (χ0) is 22.8. The largest absolute Gasteiger partial charge is 0.416 e. The van der Waals surface area contributed by atoms with Crippen LogP contribution in [0.4, 0.5) is 18.9 Å². The summed E-state index contributed by atoms with van der Waals surface area (Å²) in [6, 6.07) is 9.28. The van der Waals surface area contributed by atoms with Crippen molar-refractivity contribution in [2.75, 3.05) is 24.7 Å². The molecule has 1 aliphatic heterocycles. The maximum Gasteiger partial charge on any atom is 0.416 e. The van der Waals surface area contributed by atoms with Crippen LogP contribution in [0.3, 0.4) is 0 Å². The summed E-state index contributed by atoms with van der Waals surface area (Å²) >= 11 is 7.44. The lowest BCUT2D eigenvalue weighted by Crippen LogP contribution is -2.41. The number of anilines is 1. The summed E-state index contributed by atoms with van der Waals surface area (Å²) < 4.78 is 65.7. The van der Waals surface area contributed by atoms with Crippen molar-refractivity contribution in [1.29, 1.82) is 0 Å². The monoisotopic (exact) mass is 492 g/mol. The van der Waals surface area contributed by atoms with Gasteiger partial charge in [0.1, 0.15) is 0 Å². The molecule has 1 heterocycles. The van der Waals surface area contributed by atoms with Gasteiger partial charge in [0.2, 0.25) is 15.9 Å². The number of nitrogens with one attached hydrogen (secondary N) is 1. The summed E-state index contributed by atoms with van der Waals surface area (Å²) in [4.78, 5) is 13.7. The third-order valence-electron chi connectivity index (χ3n) is 5.07. The standard InChI is InChI=1S/C20H20ClF3N2O3S2/c1-30-15-3-5-16(6-4-15)31(28,29)26-10-8-13(9-11-26)19(27)25-18-12-14(20(22,23)24)2-7-17(18)21/h2-7,12-13H,8-11H2,1H3,(H,25,27). The van der Waals surface area contributed by atoms with Gasteiger partial charge in [0, 0.05) is 23.9 Å². The second-order valence-electron chi connectivity index (χ2n) is 7.04. The van der Waals surface area contributed by atoms with Crippen molar-refractivity contribution in [3.05, 3.63) is 53.1 Å². The second-order valence-corrected chi connectivity index (χ2v) is 10.3. The Hall–Kier alpha value is -1.75. The van der Waals surface area contributed by atoms with Crippen molar-refractivity contribution < 1.29 is 26.4 Å². The first-order chi connectivity index (χ1) is 14.5. The number of amides is 1. The molecule has 2 aromatic rings. The molecule has 1 fully saturated rings. The Bertz CT molecular complexity index is 1050. The molecule has 0 aromatic heterocycles. The average Bonchev–Trinajstić information content (AvgIpc) is 2.74. The number of alkyl halides is 3. The molecule has 0 aliphatic carbocycles. The highest BCUT2D eigenvalue weighted by atomic mass is 35.5. The highest BCUT2D eigenvalue weighted by Crippen LogP contribution is 2.34. The lowest BCUT2D eigenvalue weighted by atomic mass is 9.97. The molecule has 1 amide bonds. The van der Waals surface area contributed by atoms with Gasteiger partial charge in [-0.2, -0.15) is 17.5 Å². The van der Waals surface area contributed by atoms with Gasteiger partial charge >= 0.3 is 6.18 Å². The number of halogens is 4. The minimum atomic E-state index is -4.56. The minimum absolute atomic E-state index is 0.00458. The highest BCUT2D eigenvalue weighted by Gasteiger charge is 2.33. The number of thioether (sulfide) groups is 1. The Morgan fingerprint density at radius 1 is 1.13 bits per heavy atom. The normalized spacial score (nSPS) is 16.3. The van der Waals surface area contributed by atoms with E-state index in [4.69, 9.17) is 11.6 Å². The number of sulfonamides is 1. The molecule has 5 nitrogen and oxygen atoms in total. The Balaban J connectivity index is 1.65. The summed E-state index contributed by atoms with van der Waals surface area (Å²) in [5.41, 5.74) is -1.04. The zero-order valence-corrected chi connectivity index (χ0v) is 18.8. The third kappa shape index (κ3) is 5.54. The molecule has 0 unspecified atom stereocenters. The van der Waals surface area contributed by atoms with Gasteiger partial charge in [-0.1, -0.05) is 11.6 Å². The molecule has 0 bridgehead atoms. The molecule has 3 rings (SSSR count). The van der Waals surface area contributed by atoms with E-state index in [2.05, 4.69) is 5.32 Å². The number of piperidine rings is 1. The summed E-state index contributed by atoms with van der Waals surface area (Å²) in [5, 5.41) is 2.44. The number of hydrogen-bond acceptors (Lipinski definition) is 4. The fourth-order valence-corrected chi connectivity index (χ4v) is 5.33.